The van der Waals surface area contributed by atoms with E-state index in [1.807, 2.05) is 13.0 Å². The van der Waals surface area contributed by atoms with Gasteiger partial charge in [0.15, 0.2) is 0 Å². The molecular formula is C21H26F3N5O2. The van der Waals surface area contributed by atoms with Crippen LogP contribution in [0, 0.1) is 12.8 Å². The van der Waals surface area contributed by atoms with Gasteiger partial charge in [-0.2, -0.15) is 18.3 Å². The van der Waals surface area contributed by atoms with E-state index in [0.717, 1.165) is 17.5 Å². The number of pyridine rings is 1. The number of anilines is 1. The molecular weight excluding hydrogens is 411 g/mol. The highest BCUT2D eigenvalue weighted by Gasteiger charge is 2.41. The number of rotatable bonds is 6. The van der Waals surface area contributed by atoms with Crippen molar-refractivity contribution in [1.29, 1.82) is 0 Å². The second-order valence-corrected chi connectivity index (χ2v) is 7.76. The Balaban J connectivity index is 1.76. The van der Waals surface area contributed by atoms with E-state index < -0.39 is 30.6 Å². The molecule has 0 radical (unpaired) electrons. The minimum absolute atomic E-state index is 0.158. The van der Waals surface area contributed by atoms with E-state index in [0.29, 0.717) is 30.8 Å². The van der Waals surface area contributed by atoms with Crippen LogP contribution in [0.25, 0.3) is 5.69 Å². The van der Waals surface area contributed by atoms with Crippen LogP contribution in [0.5, 0.6) is 0 Å². The first kappa shape index (κ1) is 22.8. The van der Waals surface area contributed by atoms with E-state index in [9.17, 15) is 22.8 Å². The van der Waals surface area contributed by atoms with Crippen LogP contribution in [-0.2, 0) is 9.59 Å². The molecule has 2 aromatic rings. The summed E-state index contributed by atoms with van der Waals surface area (Å²) < 4.78 is 40.3. The van der Waals surface area contributed by atoms with Crippen molar-refractivity contribution in [2.24, 2.45) is 5.92 Å². The van der Waals surface area contributed by atoms with Gasteiger partial charge in [0.2, 0.25) is 11.8 Å². The smallest absolute Gasteiger partial charge is 0.331 e. The number of alkyl halides is 3. The van der Waals surface area contributed by atoms with Crippen molar-refractivity contribution in [2.45, 2.75) is 52.3 Å². The third-order valence-electron chi connectivity index (χ3n) is 5.61. The highest BCUT2D eigenvalue weighted by atomic mass is 19.4. The van der Waals surface area contributed by atoms with Crippen molar-refractivity contribution < 1.29 is 22.8 Å². The third kappa shape index (κ3) is 5.23. The lowest BCUT2D eigenvalue weighted by molar-refractivity contribution is -0.164. The van der Waals surface area contributed by atoms with Gasteiger partial charge in [0.1, 0.15) is 6.54 Å². The van der Waals surface area contributed by atoms with Crippen LogP contribution in [0.15, 0.2) is 30.7 Å². The van der Waals surface area contributed by atoms with Crippen LogP contribution in [-0.4, -0.2) is 56.8 Å². The number of carbonyl (C=O) groups excluding carboxylic acids is 2. The molecule has 7 nitrogen and oxygen atoms in total. The average Bonchev–Trinajstić information content (AvgIpc) is 3.34. The summed E-state index contributed by atoms with van der Waals surface area (Å²) in [6, 6.07) is 3.04. The molecule has 10 heteroatoms. The molecule has 2 aromatic heterocycles. The number of amides is 2. The largest absolute Gasteiger partial charge is 0.406 e. The highest BCUT2D eigenvalue weighted by Crippen LogP contribution is 2.34. The van der Waals surface area contributed by atoms with E-state index in [4.69, 9.17) is 0 Å². The van der Waals surface area contributed by atoms with E-state index in [-0.39, 0.29) is 12.3 Å². The number of carbonyl (C=O) groups is 2. The number of hydrogen-bond donors (Lipinski definition) is 0. The highest BCUT2D eigenvalue weighted by molar-refractivity contribution is 5.95. The molecule has 0 bridgehead atoms. The van der Waals surface area contributed by atoms with Crippen LogP contribution < -0.4 is 4.90 Å². The second-order valence-electron chi connectivity index (χ2n) is 7.76. The lowest BCUT2D eigenvalue weighted by Crippen LogP contribution is -2.44. The van der Waals surface area contributed by atoms with E-state index in [2.05, 4.69) is 10.1 Å². The van der Waals surface area contributed by atoms with Gasteiger partial charge in [-0.15, -0.1) is 0 Å². The lowest BCUT2D eigenvalue weighted by Gasteiger charge is -2.29. The number of aromatic nitrogens is 3. The molecule has 1 saturated carbocycles. The van der Waals surface area contributed by atoms with Crippen molar-refractivity contribution in [3.05, 3.63) is 36.4 Å². The molecule has 0 unspecified atom stereocenters. The predicted molar refractivity (Wildman–Crippen MR) is 109 cm³/mol. The summed E-state index contributed by atoms with van der Waals surface area (Å²) in [7, 11) is 0. The monoisotopic (exact) mass is 437 g/mol. The number of nitrogens with zero attached hydrogens (tertiary/aromatic N) is 5. The maximum Gasteiger partial charge on any atom is 0.406 e. The van der Waals surface area contributed by atoms with Crippen LogP contribution in [0.2, 0.25) is 0 Å². The minimum atomic E-state index is -4.47. The fourth-order valence-corrected chi connectivity index (χ4v) is 4.16. The van der Waals surface area contributed by atoms with Gasteiger partial charge in [-0.3, -0.25) is 14.6 Å². The summed E-state index contributed by atoms with van der Waals surface area (Å²) in [5.41, 5.74) is 2.07. The molecule has 31 heavy (non-hydrogen) atoms. The molecule has 0 N–H and O–H groups in total. The van der Waals surface area contributed by atoms with Gasteiger partial charge in [-0.25, -0.2) is 4.68 Å². The molecule has 1 aliphatic carbocycles. The summed E-state index contributed by atoms with van der Waals surface area (Å²) in [4.78, 5) is 31.6. The van der Waals surface area contributed by atoms with E-state index in [1.54, 1.807) is 41.2 Å². The second kappa shape index (κ2) is 9.07. The Morgan fingerprint density at radius 1 is 1.29 bits per heavy atom. The topological polar surface area (TPSA) is 71.3 Å². The van der Waals surface area contributed by atoms with Gasteiger partial charge in [-0.1, -0.05) is 0 Å². The molecule has 0 spiro atoms. The quantitative estimate of drug-likeness (QED) is 0.694. The maximum atomic E-state index is 13.2. The van der Waals surface area contributed by atoms with Gasteiger partial charge < -0.3 is 9.80 Å². The summed E-state index contributed by atoms with van der Waals surface area (Å²) in [6.07, 6.45) is 1.64. The first-order valence-corrected chi connectivity index (χ1v) is 10.2. The first-order valence-electron chi connectivity index (χ1n) is 10.2. The van der Waals surface area contributed by atoms with Crippen molar-refractivity contribution >= 4 is 17.5 Å². The molecule has 0 aliphatic heterocycles. The molecule has 1 fully saturated rings. The van der Waals surface area contributed by atoms with Crippen molar-refractivity contribution in [1.82, 2.24) is 19.7 Å². The molecule has 2 heterocycles. The molecule has 0 saturated heterocycles. The van der Waals surface area contributed by atoms with Gasteiger partial charge in [0.25, 0.3) is 0 Å². The van der Waals surface area contributed by atoms with Gasteiger partial charge in [0, 0.05) is 31.6 Å². The van der Waals surface area contributed by atoms with Crippen LogP contribution in [0.4, 0.5) is 18.9 Å². The van der Waals surface area contributed by atoms with E-state index >= 15 is 0 Å². The Kier molecular flexibility index (Phi) is 6.66. The summed E-state index contributed by atoms with van der Waals surface area (Å²) >= 11 is 0. The zero-order chi connectivity index (χ0) is 22.8. The lowest BCUT2D eigenvalue weighted by atomic mass is 10.1. The SMILES string of the molecule is CCN(C(=O)[C@H]1CC[C@@H](N(CC(F)(F)F)C(C)=O)C1)c1cn(-c2cccnc2)nc1C. The predicted octanol–water partition coefficient (Wildman–Crippen LogP) is 3.51. The van der Waals surface area contributed by atoms with E-state index in [1.165, 1.54) is 0 Å². The molecule has 0 aromatic carbocycles. The Bertz CT molecular complexity index is 929. The fourth-order valence-electron chi connectivity index (χ4n) is 4.16. The molecule has 3 rings (SSSR count). The van der Waals surface area contributed by atoms with Gasteiger partial charge in [-0.05, 0) is 45.2 Å². The zero-order valence-corrected chi connectivity index (χ0v) is 17.8. The van der Waals surface area contributed by atoms with Gasteiger partial charge >= 0.3 is 6.18 Å². The first-order chi connectivity index (χ1) is 14.6. The standard InChI is InChI=1S/C21H26F3N5O2/c1-4-27(19-12-29(26-14(19)2)18-6-5-9-25-11-18)20(31)16-7-8-17(10-16)28(15(3)30)13-21(22,23)24/h5-6,9,11-12,16-17H,4,7-8,10,13H2,1-3H3/t16-,17+/m0/s1. The number of hydrogen-bond acceptors (Lipinski definition) is 4. The summed E-state index contributed by atoms with van der Waals surface area (Å²) in [5, 5.41) is 4.47. The Labute approximate surface area is 178 Å². The summed E-state index contributed by atoms with van der Waals surface area (Å²) in [6.45, 7) is 3.89. The van der Waals surface area contributed by atoms with Crippen molar-refractivity contribution in [2.75, 3.05) is 18.0 Å². The normalized spacial score (nSPS) is 18.8. The molecule has 168 valence electrons. The Hall–Kier alpha value is -2.91. The molecule has 1 aliphatic rings. The average molecular weight is 437 g/mol. The van der Waals surface area contributed by atoms with Crippen LogP contribution >= 0.6 is 0 Å². The van der Waals surface area contributed by atoms with Crippen LogP contribution in [0.3, 0.4) is 0 Å². The number of aryl methyl sites for hydroxylation is 1. The van der Waals surface area contributed by atoms with Crippen molar-refractivity contribution in [3.63, 3.8) is 0 Å². The fraction of sp³-hybridized carbons (Fsp3) is 0.524. The van der Waals surface area contributed by atoms with Crippen LogP contribution in [0.1, 0.15) is 38.8 Å². The van der Waals surface area contributed by atoms with Gasteiger partial charge in [0.05, 0.1) is 29.5 Å². The Morgan fingerprint density at radius 3 is 2.61 bits per heavy atom. The molecule has 2 amide bonds. The Morgan fingerprint density at radius 2 is 2.03 bits per heavy atom. The maximum absolute atomic E-state index is 13.2. The third-order valence-corrected chi connectivity index (χ3v) is 5.61. The summed E-state index contributed by atoms with van der Waals surface area (Å²) in [5.74, 6) is -1.23. The minimum Gasteiger partial charge on any atom is -0.331 e. The van der Waals surface area contributed by atoms with Crippen molar-refractivity contribution in [3.8, 4) is 5.69 Å². The molecule has 2 atom stereocenters. The number of halogens is 3. The zero-order valence-electron chi connectivity index (χ0n) is 17.8.